The molecule has 1 unspecified atom stereocenters. The summed E-state index contributed by atoms with van der Waals surface area (Å²) in [5.74, 6) is -1.12. The van der Waals surface area contributed by atoms with Crippen LogP contribution in [0.1, 0.15) is 108 Å². The summed E-state index contributed by atoms with van der Waals surface area (Å²) in [6.07, 6.45) is 18.1. The normalized spacial score (nSPS) is 12.1. The summed E-state index contributed by atoms with van der Waals surface area (Å²) in [5.41, 5.74) is 0.529. The van der Waals surface area contributed by atoms with E-state index in [1.807, 2.05) is 6.07 Å². The quantitative estimate of drug-likeness (QED) is 0.168. The molecule has 0 aliphatic heterocycles. The Morgan fingerprint density at radius 2 is 1.07 bits per heavy atom. The van der Waals surface area contributed by atoms with Crippen LogP contribution in [-0.2, 0) is 0 Å². The molecule has 0 amide bonds. The van der Waals surface area contributed by atoms with Gasteiger partial charge in [0.05, 0.1) is 0 Å². The van der Waals surface area contributed by atoms with E-state index in [0.717, 1.165) is 12.8 Å². The van der Waals surface area contributed by atoms with Crippen molar-refractivity contribution in [2.45, 2.75) is 103 Å². The molecule has 1 N–H and O–H groups in total. The van der Waals surface area contributed by atoms with E-state index < -0.39 is 13.7 Å². The maximum Gasteiger partial charge on any atom is 1.00 e. The van der Waals surface area contributed by atoms with Crippen LogP contribution in [0.15, 0.2) is 30.3 Å². The zero-order valence-electron chi connectivity index (χ0n) is 19.7. The van der Waals surface area contributed by atoms with Gasteiger partial charge in [-0.05, 0) is 13.0 Å². The van der Waals surface area contributed by atoms with Crippen LogP contribution in [0.4, 0.5) is 0 Å². The van der Waals surface area contributed by atoms with Crippen molar-refractivity contribution >= 4 is 7.94 Å². The van der Waals surface area contributed by atoms with Gasteiger partial charge in [-0.15, -0.1) is 7.94 Å². The monoisotopic (exact) mass is 455 g/mol. The van der Waals surface area contributed by atoms with E-state index in [9.17, 15) is 14.7 Å². The van der Waals surface area contributed by atoms with Crippen LogP contribution < -0.4 is 79.1 Å². The number of hydrogen-bond acceptors (Lipinski definition) is 4. The second-order valence-electron chi connectivity index (χ2n) is 7.90. The Balaban J connectivity index is 0. The second kappa shape index (κ2) is 22.3. The van der Waals surface area contributed by atoms with E-state index in [-0.39, 0.29) is 59.1 Å². The van der Waals surface area contributed by atoms with Gasteiger partial charge in [-0.3, -0.25) is 5.32 Å². The van der Waals surface area contributed by atoms with Crippen LogP contribution in [0.3, 0.4) is 0 Å². The maximum atomic E-state index is 11.5. The Morgan fingerprint density at radius 3 is 1.47 bits per heavy atom. The predicted octanol–water partition coefficient (Wildman–Crippen LogP) is -1.39. The minimum Gasteiger partial charge on any atom is -0.686 e. The number of benzene rings is 1. The van der Waals surface area contributed by atoms with Crippen molar-refractivity contribution in [2.75, 3.05) is 6.54 Å². The van der Waals surface area contributed by atoms with Crippen LogP contribution in [0.25, 0.3) is 0 Å². The van der Waals surface area contributed by atoms with Gasteiger partial charge in [0.2, 0.25) is 0 Å². The average Bonchev–Trinajstić information content (AvgIpc) is 2.67. The zero-order valence-corrected chi connectivity index (χ0v) is 24.6. The van der Waals surface area contributed by atoms with Crippen molar-refractivity contribution in [3.8, 4) is 0 Å². The molecule has 0 fully saturated rings. The Labute approximate surface area is 230 Å². The number of nitrogens with one attached hydrogen (secondary N) is 1. The van der Waals surface area contributed by atoms with E-state index >= 15 is 0 Å². The second-order valence-corrected chi connectivity index (χ2v) is 9.50. The van der Waals surface area contributed by atoms with Gasteiger partial charge in [-0.25, -0.2) is 0 Å². The van der Waals surface area contributed by atoms with Crippen molar-refractivity contribution < 1.29 is 73.8 Å². The van der Waals surface area contributed by atoms with Gasteiger partial charge in [0, 0.05) is 5.56 Å². The predicted molar refractivity (Wildman–Crippen MR) is 114 cm³/mol. The summed E-state index contributed by atoms with van der Waals surface area (Å²) in [5, 5.41) is 2.93. The third-order valence-electron chi connectivity index (χ3n) is 5.30. The fourth-order valence-corrected chi connectivity index (χ4v) is 4.50. The first-order valence-corrected chi connectivity index (χ1v) is 13.0. The molecule has 30 heavy (non-hydrogen) atoms. The van der Waals surface area contributed by atoms with Crippen molar-refractivity contribution in [3.05, 3.63) is 35.9 Å². The fourth-order valence-electron chi connectivity index (χ4n) is 3.61. The molecule has 0 bridgehead atoms. The summed E-state index contributed by atoms with van der Waals surface area (Å²) < 4.78 is 0. The van der Waals surface area contributed by atoms with Crippen molar-refractivity contribution in [2.24, 2.45) is 0 Å². The molecule has 1 rings (SSSR count). The van der Waals surface area contributed by atoms with Crippen LogP contribution in [0.2, 0.25) is 0 Å². The van der Waals surface area contributed by atoms with E-state index in [4.69, 9.17) is 0 Å². The van der Waals surface area contributed by atoms with Gasteiger partial charge in [0.1, 0.15) is 5.78 Å². The molecule has 1 aromatic rings. The number of unbranched alkanes of at least 4 members (excludes halogenated alkanes) is 13. The molecular weight excluding hydrogens is 415 g/mol. The molecule has 0 spiro atoms. The van der Waals surface area contributed by atoms with Crippen LogP contribution >= 0.6 is 7.94 Å². The smallest absolute Gasteiger partial charge is 0.686 e. The summed E-state index contributed by atoms with van der Waals surface area (Å²) in [6.45, 7) is 2.82. The maximum absolute atomic E-state index is 11.5. The van der Waals surface area contributed by atoms with Crippen LogP contribution in [-0.4, -0.2) is 6.54 Å². The Kier molecular flexibility index (Phi) is 25.0. The molecule has 0 heterocycles. The molecule has 1 aromatic carbocycles. The largest absolute Gasteiger partial charge is 1.00 e. The standard InChI is InChI=1S/C23H42NO3P.2Na/c1-2-3-4-5-6-7-8-9-10-11-12-13-14-18-21-24-23(28(25,26)27)22-19-16-15-17-20-22;;/h15-17,19-20,23-24H,2-14,18,21H2,1H3,(H2,25,26,27);;/q;2*+1/p-2. The number of hydrogen-bond donors (Lipinski definition) is 1. The summed E-state index contributed by atoms with van der Waals surface area (Å²) in [6, 6.07) is 8.70. The topological polar surface area (TPSA) is 81.2 Å². The summed E-state index contributed by atoms with van der Waals surface area (Å²) in [4.78, 5) is 34.6. The molecular formula is C23H40NNa2O3P. The summed E-state index contributed by atoms with van der Waals surface area (Å²) >= 11 is 0. The molecule has 1 atom stereocenters. The molecule has 7 heteroatoms. The van der Waals surface area contributed by atoms with E-state index in [0.29, 0.717) is 12.1 Å². The fraction of sp³-hybridized carbons (Fsp3) is 0.739. The van der Waals surface area contributed by atoms with Gasteiger partial charge < -0.3 is 14.7 Å². The van der Waals surface area contributed by atoms with Crippen molar-refractivity contribution in [1.29, 1.82) is 0 Å². The molecule has 0 saturated heterocycles. The minimum atomic E-state index is -4.70. The van der Waals surface area contributed by atoms with E-state index in [2.05, 4.69) is 12.2 Å². The number of rotatable bonds is 18. The molecule has 0 aromatic heterocycles. The Morgan fingerprint density at radius 1 is 0.667 bits per heavy atom. The SMILES string of the molecule is CCCCCCCCCCCCCCCCNC(c1ccccc1)[P+]([O-])([O-])[O-].[Na+].[Na+]. The van der Waals surface area contributed by atoms with Gasteiger partial charge in [-0.2, -0.15) is 0 Å². The summed E-state index contributed by atoms with van der Waals surface area (Å²) in [7, 11) is -4.70. The molecule has 4 nitrogen and oxygen atoms in total. The molecule has 0 aliphatic carbocycles. The molecule has 0 radical (unpaired) electrons. The molecule has 162 valence electrons. The Hall–Kier alpha value is 1.49. The van der Waals surface area contributed by atoms with Gasteiger partial charge in [0.25, 0.3) is 0 Å². The van der Waals surface area contributed by atoms with E-state index in [1.54, 1.807) is 24.3 Å². The third-order valence-corrected chi connectivity index (χ3v) is 6.41. The van der Waals surface area contributed by atoms with Gasteiger partial charge >= 0.3 is 59.1 Å². The van der Waals surface area contributed by atoms with Crippen molar-refractivity contribution in [3.63, 3.8) is 0 Å². The third kappa shape index (κ3) is 18.0. The van der Waals surface area contributed by atoms with Crippen LogP contribution in [0, 0.1) is 0 Å². The minimum absolute atomic E-state index is 0. The van der Waals surface area contributed by atoms with Gasteiger partial charge in [-0.1, -0.05) is 121 Å². The average molecular weight is 456 g/mol. The molecule has 0 saturated carbocycles. The first-order valence-electron chi connectivity index (χ1n) is 11.4. The first kappa shape index (κ1) is 33.7. The van der Waals surface area contributed by atoms with Crippen molar-refractivity contribution in [1.82, 2.24) is 5.32 Å². The molecule has 0 aliphatic rings. The first-order chi connectivity index (χ1) is 13.6. The van der Waals surface area contributed by atoms with Crippen LogP contribution in [0.5, 0.6) is 0 Å². The Bertz CT molecular complexity index is 475. The van der Waals surface area contributed by atoms with E-state index in [1.165, 1.54) is 77.0 Å². The van der Waals surface area contributed by atoms with Gasteiger partial charge in [0.15, 0.2) is 0 Å². The zero-order chi connectivity index (χ0) is 20.5.